The first-order valence-electron chi connectivity index (χ1n) is 7.13. The predicted octanol–water partition coefficient (Wildman–Crippen LogP) is 1.86. The summed E-state index contributed by atoms with van der Waals surface area (Å²) in [6, 6.07) is 0.592. The average Bonchev–Trinajstić information content (AvgIpc) is 3.09. The number of amides is 1. The van der Waals surface area contributed by atoms with Crippen LogP contribution < -0.4 is 4.90 Å². The molecule has 0 aromatic carbocycles. The van der Waals surface area contributed by atoms with Gasteiger partial charge in [-0.3, -0.25) is 18.8 Å². The van der Waals surface area contributed by atoms with Crippen LogP contribution in [0.4, 0.5) is 5.13 Å². The third-order valence-electron chi connectivity index (χ3n) is 3.64. The molecule has 0 aliphatic heterocycles. The van der Waals surface area contributed by atoms with E-state index >= 15 is 0 Å². The molecule has 0 radical (unpaired) electrons. The van der Waals surface area contributed by atoms with Gasteiger partial charge >= 0.3 is 0 Å². The van der Waals surface area contributed by atoms with Crippen molar-refractivity contribution in [1.82, 2.24) is 9.88 Å². The van der Waals surface area contributed by atoms with Crippen LogP contribution in [0.2, 0.25) is 0 Å². The van der Waals surface area contributed by atoms with E-state index in [1.165, 1.54) is 11.3 Å². The number of rotatable bonds is 7. The SMILES string of the molecule is CC(=O)N(c1nc(CN(C)[C@@H](C)C[S@@](C)=O)cs1)C1CC1. The minimum absolute atomic E-state index is 0.0708. The minimum atomic E-state index is -0.793. The second kappa shape index (κ2) is 6.98. The van der Waals surface area contributed by atoms with Gasteiger partial charge in [0.25, 0.3) is 0 Å². The molecule has 1 fully saturated rings. The number of aromatic nitrogens is 1. The lowest BCUT2D eigenvalue weighted by Gasteiger charge is -2.23. The predicted molar refractivity (Wildman–Crippen MR) is 88.2 cm³/mol. The molecule has 1 aliphatic rings. The number of carbonyl (C=O) groups is 1. The lowest BCUT2D eigenvalue weighted by Crippen LogP contribution is -2.33. The highest BCUT2D eigenvalue weighted by Crippen LogP contribution is 2.33. The smallest absolute Gasteiger partial charge is 0.225 e. The van der Waals surface area contributed by atoms with Crippen LogP contribution in [-0.4, -0.2) is 51.1 Å². The third-order valence-corrected chi connectivity index (χ3v) is 5.48. The number of nitrogens with zero attached hydrogens (tertiary/aromatic N) is 3. The van der Waals surface area contributed by atoms with Crippen molar-refractivity contribution in [2.24, 2.45) is 0 Å². The molecule has 1 heterocycles. The molecule has 7 heteroatoms. The van der Waals surface area contributed by atoms with Crippen LogP contribution in [-0.2, 0) is 22.1 Å². The van der Waals surface area contributed by atoms with Crippen LogP contribution in [0.3, 0.4) is 0 Å². The van der Waals surface area contributed by atoms with Gasteiger partial charge in [0, 0.05) is 53.7 Å². The quantitative estimate of drug-likeness (QED) is 0.766. The van der Waals surface area contributed by atoms with E-state index in [0.29, 0.717) is 18.3 Å². The zero-order valence-corrected chi connectivity index (χ0v) is 14.7. The molecule has 1 aliphatic carbocycles. The van der Waals surface area contributed by atoms with Crippen molar-refractivity contribution in [1.29, 1.82) is 0 Å². The van der Waals surface area contributed by atoms with Crippen molar-refractivity contribution in [3.8, 4) is 0 Å². The lowest BCUT2D eigenvalue weighted by atomic mass is 10.3. The first-order valence-corrected chi connectivity index (χ1v) is 9.73. The Morgan fingerprint density at radius 1 is 1.57 bits per heavy atom. The average molecular weight is 329 g/mol. The summed E-state index contributed by atoms with van der Waals surface area (Å²) in [5.74, 6) is 0.733. The molecule has 2 rings (SSSR count). The van der Waals surface area contributed by atoms with Gasteiger partial charge in [0.15, 0.2) is 5.13 Å². The molecule has 1 saturated carbocycles. The van der Waals surface area contributed by atoms with Gasteiger partial charge in [-0.15, -0.1) is 11.3 Å². The standard InChI is InChI=1S/C14H23N3O2S2/c1-10(9-21(4)19)16(3)7-12-8-20-14(15-12)17(11(2)18)13-5-6-13/h8,10,13H,5-7,9H2,1-4H3/t10-,21+/m0/s1. The van der Waals surface area contributed by atoms with E-state index in [4.69, 9.17) is 0 Å². The Hall–Kier alpha value is -0.790. The molecule has 0 N–H and O–H groups in total. The minimum Gasteiger partial charge on any atom is -0.297 e. The Labute approximate surface area is 132 Å². The maximum Gasteiger partial charge on any atom is 0.225 e. The van der Waals surface area contributed by atoms with Gasteiger partial charge in [-0.05, 0) is 26.8 Å². The summed E-state index contributed by atoms with van der Waals surface area (Å²) < 4.78 is 11.3. The maximum atomic E-state index is 11.7. The Morgan fingerprint density at radius 3 is 2.76 bits per heavy atom. The molecule has 118 valence electrons. The number of anilines is 1. The second-order valence-corrected chi connectivity index (χ2v) is 8.06. The molecule has 5 nitrogen and oxygen atoms in total. The van der Waals surface area contributed by atoms with E-state index in [9.17, 15) is 9.00 Å². The number of hydrogen-bond acceptors (Lipinski definition) is 5. The summed E-state index contributed by atoms with van der Waals surface area (Å²) in [6.45, 7) is 4.39. The highest BCUT2D eigenvalue weighted by Gasteiger charge is 2.33. The highest BCUT2D eigenvalue weighted by atomic mass is 32.2. The van der Waals surface area contributed by atoms with E-state index in [-0.39, 0.29) is 11.9 Å². The van der Waals surface area contributed by atoms with E-state index in [1.807, 2.05) is 17.3 Å². The fourth-order valence-corrected chi connectivity index (χ4v) is 4.10. The van der Waals surface area contributed by atoms with Gasteiger partial charge in [0.05, 0.1) is 5.69 Å². The van der Waals surface area contributed by atoms with Crippen LogP contribution in [0.1, 0.15) is 32.4 Å². The third kappa shape index (κ3) is 4.59. The zero-order valence-electron chi connectivity index (χ0n) is 13.0. The van der Waals surface area contributed by atoms with Gasteiger partial charge in [-0.25, -0.2) is 4.98 Å². The lowest BCUT2D eigenvalue weighted by molar-refractivity contribution is -0.116. The molecule has 0 unspecified atom stereocenters. The topological polar surface area (TPSA) is 53.5 Å². The Bertz CT molecular complexity index is 528. The van der Waals surface area contributed by atoms with Gasteiger partial charge in [-0.2, -0.15) is 0 Å². The molecule has 0 saturated heterocycles. The number of carbonyl (C=O) groups excluding carboxylic acids is 1. The van der Waals surface area contributed by atoms with Crippen molar-refractivity contribution in [2.75, 3.05) is 24.0 Å². The summed E-state index contributed by atoms with van der Waals surface area (Å²) in [5, 5.41) is 2.82. The van der Waals surface area contributed by atoms with Crippen molar-refractivity contribution in [3.05, 3.63) is 11.1 Å². The van der Waals surface area contributed by atoms with Crippen molar-refractivity contribution in [2.45, 2.75) is 45.3 Å². The molecular formula is C14H23N3O2S2. The van der Waals surface area contributed by atoms with E-state index < -0.39 is 10.8 Å². The van der Waals surface area contributed by atoms with E-state index in [1.54, 1.807) is 13.2 Å². The van der Waals surface area contributed by atoms with Crippen LogP contribution >= 0.6 is 11.3 Å². The van der Waals surface area contributed by atoms with E-state index in [2.05, 4.69) is 16.8 Å². The van der Waals surface area contributed by atoms with Crippen LogP contribution in [0.15, 0.2) is 5.38 Å². The summed E-state index contributed by atoms with van der Waals surface area (Å²) >= 11 is 1.53. The largest absolute Gasteiger partial charge is 0.297 e. The summed E-state index contributed by atoms with van der Waals surface area (Å²) in [4.78, 5) is 20.3. The fraction of sp³-hybridized carbons (Fsp3) is 0.714. The first-order chi connectivity index (χ1) is 9.88. The molecule has 2 atom stereocenters. The maximum absolute atomic E-state index is 11.7. The van der Waals surface area contributed by atoms with Gasteiger partial charge in [-0.1, -0.05) is 0 Å². The van der Waals surface area contributed by atoms with Crippen LogP contribution in [0, 0.1) is 0 Å². The Balaban J connectivity index is 1.99. The monoisotopic (exact) mass is 329 g/mol. The normalized spacial score (nSPS) is 17.8. The highest BCUT2D eigenvalue weighted by molar-refractivity contribution is 7.84. The number of thiazole rings is 1. The molecule has 1 aromatic heterocycles. The van der Waals surface area contributed by atoms with Crippen molar-refractivity contribution in [3.63, 3.8) is 0 Å². The Kier molecular flexibility index (Phi) is 5.51. The molecule has 0 spiro atoms. The second-order valence-electron chi connectivity index (χ2n) is 5.75. The van der Waals surface area contributed by atoms with E-state index in [0.717, 1.165) is 23.7 Å². The van der Waals surface area contributed by atoms with Crippen LogP contribution in [0.25, 0.3) is 0 Å². The van der Waals surface area contributed by atoms with Gasteiger partial charge in [0.2, 0.25) is 5.91 Å². The summed E-state index contributed by atoms with van der Waals surface area (Å²) in [7, 11) is 1.22. The van der Waals surface area contributed by atoms with Crippen molar-refractivity contribution < 1.29 is 9.00 Å². The van der Waals surface area contributed by atoms with Gasteiger partial charge in [0.1, 0.15) is 0 Å². The Morgan fingerprint density at radius 2 is 2.24 bits per heavy atom. The molecule has 1 aromatic rings. The molecular weight excluding hydrogens is 306 g/mol. The van der Waals surface area contributed by atoms with Crippen LogP contribution in [0.5, 0.6) is 0 Å². The van der Waals surface area contributed by atoms with Crippen molar-refractivity contribution >= 4 is 33.2 Å². The molecule has 1 amide bonds. The zero-order chi connectivity index (χ0) is 15.6. The molecule has 0 bridgehead atoms. The first kappa shape index (κ1) is 16.6. The van der Waals surface area contributed by atoms with Gasteiger partial charge < -0.3 is 0 Å². The fourth-order valence-electron chi connectivity index (χ4n) is 2.24. The molecule has 21 heavy (non-hydrogen) atoms. The summed E-state index contributed by atoms with van der Waals surface area (Å²) in [5.41, 5.74) is 0.970. The number of hydrogen-bond donors (Lipinski definition) is 0. The summed E-state index contributed by atoms with van der Waals surface area (Å²) in [6.07, 6.45) is 3.88.